The standard InChI is InChI=1S/C19H24N2O2/c1-4-23-19(22)13-18(16-10-6-5-9-14(16)2)21-15(3)17-11-7-8-12-20-17/h5-12,15,18,21H,4,13H2,1-3H3/t15-,18+/m1/s1. The van der Waals surface area contributed by atoms with Crippen LogP contribution in [0.3, 0.4) is 0 Å². The number of esters is 1. The van der Waals surface area contributed by atoms with Gasteiger partial charge < -0.3 is 10.1 Å². The molecular formula is C19H24N2O2. The van der Waals surface area contributed by atoms with Gasteiger partial charge in [-0.3, -0.25) is 9.78 Å². The number of nitrogens with zero attached hydrogens (tertiary/aromatic N) is 1. The minimum absolute atomic E-state index is 0.0373. The number of hydrogen-bond acceptors (Lipinski definition) is 4. The smallest absolute Gasteiger partial charge is 0.307 e. The molecule has 0 amide bonds. The first kappa shape index (κ1) is 17.2. The van der Waals surface area contributed by atoms with Gasteiger partial charge in [0.15, 0.2) is 0 Å². The molecule has 0 fully saturated rings. The molecule has 1 N–H and O–H groups in total. The number of ether oxygens (including phenoxy) is 1. The van der Waals surface area contributed by atoms with E-state index in [2.05, 4.69) is 36.3 Å². The first-order valence-electron chi connectivity index (χ1n) is 8.00. The third-order valence-electron chi connectivity index (χ3n) is 3.82. The van der Waals surface area contributed by atoms with Crippen molar-refractivity contribution in [2.24, 2.45) is 0 Å². The van der Waals surface area contributed by atoms with Crippen molar-refractivity contribution in [2.45, 2.75) is 39.3 Å². The number of rotatable bonds is 7. The summed E-state index contributed by atoms with van der Waals surface area (Å²) >= 11 is 0. The van der Waals surface area contributed by atoms with E-state index in [1.54, 1.807) is 6.20 Å². The molecule has 0 bridgehead atoms. The van der Waals surface area contributed by atoms with Crippen molar-refractivity contribution >= 4 is 5.97 Å². The average Bonchev–Trinajstić information content (AvgIpc) is 2.55. The van der Waals surface area contributed by atoms with Gasteiger partial charge in [-0.25, -0.2) is 0 Å². The highest BCUT2D eigenvalue weighted by molar-refractivity contribution is 5.70. The third-order valence-corrected chi connectivity index (χ3v) is 3.82. The fourth-order valence-corrected chi connectivity index (χ4v) is 2.64. The molecule has 122 valence electrons. The lowest BCUT2D eigenvalue weighted by atomic mass is 9.97. The van der Waals surface area contributed by atoms with Crippen LogP contribution in [0.1, 0.15) is 49.2 Å². The Kier molecular flexibility index (Phi) is 6.29. The highest BCUT2D eigenvalue weighted by Crippen LogP contribution is 2.24. The van der Waals surface area contributed by atoms with Crippen molar-refractivity contribution < 1.29 is 9.53 Å². The second-order valence-electron chi connectivity index (χ2n) is 5.56. The monoisotopic (exact) mass is 312 g/mol. The zero-order chi connectivity index (χ0) is 16.7. The van der Waals surface area contributed by atoms with Gasteiger partial charge in [-0.05, 0) is 44.0 Å². The van der Waals surface area contributed by atoms with Gasteiger partial charge in [0.05, 0.1) is 18.7 Å². The summed E-state index contributed by atoms with van der Waals surface area (Å²) in [5, 5.41) is 3.52. The zero-order valence-corrected chi connectivity index (χ0v) is 14.0. The Morgan fingerprint density at radius 1 is 1.22 bits per heavy atom. The minimum atomic E-state index is -0.193. The number of benzene rings is 1. The Morgan fingerprint density at radius 3 is 2.61 bits per heavy atom. The summed E-state index contributed by atoms with van der Waals surface area (Å²) in [6.45, 7) is 6.33. The summed E-state index contributed by atoms with van der Waals surface area (Å²) < 4.78 is 5.13. The van der Waals surface area contributed by atoms with E-state index < -0.39 is 0 Å². The van der Waals surface area contributed by atoms with Crippen LogP contribution in [0.4, 0.5) is 0 Å². The van der Waals surface area contributed by atoms with E-state index in [1.165, 1.54) is 0 Å². The van der Waals surface area contributed by atoms with Crippen molar-refractivity contribution in [1.29, 1.82) is 0 Å². The highest BCUT2D eigenvalue weighted by Gasteiger charge is 2.21. The maximum atomic E-state index is 12.0. The Morgan fingerprint density at radius 2 is 1.96 bits per heavy atom. The van der Waals surface area contributed by atoms with E-state index >= 15 is 0 Å². The Labute approximate surface area is 137 Å². The van der Waals surface area contributed by atoms with Gasteiger partial charge in [-0.1, -0.05) is 30.3 Å². The van der Waals surface area contributed by atoms with Gasteiger partial charge in [-0.15, -0.1) is 0 Å². The van der Waals surface area contributed by atoms with E-state index in [0.29, 0.717) is 13.0 Å². The van der Waals surface area contributed by atoms with E-state index in [0.717, 1.165) is 16.8 Å². The molecule has 0 radical (unpaired) electrons. The molecule has 0 aliphatic heterocycles. The van der Waals surface area contributed by atoms with E-state index in [9.17, 15) is 4.79 Å². The van der Waals surface area contributed by atoms with Crippen LogP contribution >= 0.6 is 0 Å². The molecule has 4 heteroatoms. The molecule has 1 aromatic carbocycles. The normalized spacial score (nSPS) is 13.3. The number of carbonyl (C=O) groups excluding carboxylic acids is 1. The van der Waals surface area contributed by atoms with Crippen LogP contribution in [0.25, 0.3) is 0 Å². The lowest BCUT2D eigenvalue weighted by Crippen LogP contribution is -2.28. The molecule has 2 atom stereocenters. The molecule has 4 nitrogen and oxygen atoms in total. The molecule has 1 aromatic heterocycles. The lowest BCUT2D eigenvalue weighted by molar-refractivity contribution is -0.143. The predicted molar refractivity (Wildman–Crippen MR) is 91.0 cm³/mol. The molecule has 0 saturated carbocycles. The molecule has 0 unspecified atom stereocenters. The molecule has 0 aliphatic carbocycles. The van der Waals surface area contributed by atoms with Crippen LogP contribution in [0.2, 0.25) is 0 Å². The topological polar surface area (TPSA) is 51.2 Å². The van der Waals surface area contributed by atoms with Crippen LogP contribution in [-0.2, 0) is 9.53 Å². The number of aryl methyl sites for hydroxylation is 1. The largest absolute Gasteiger partial charge is 0.466 e. The molecule has 1 heterocycles. The van der Waals surface area contributed by atoms with Gasteiger partial charge in [0.1, 0.15) is 0 Å². The summed E-state index contributed by atoms with van der Waals surface area (Å²) in [6.07, 6.45) is 2.08. The summed E-state index contributed by atoms with van der Waals surface area (Å²) in [6, 6.07) is 13.9. The second kappa shape index (κ2) is 8.44. The molecule has 0 spiro atoms. The lowest BCUT2D eigenvalue weighted by Gasteiger charge is -2.24. The molecule has 0 aliphatic rings. The maximum absolute atomic E-state index is 12.0. The van der Waals surface area contributed by atoms with Gasteiger partial charge >= 0.3 is 5.97 Å². The molecule has 2 aromatic rings. The summed E-state index contributed by atoms with van der Waals surface area (Å²) in [5.41, 5.74) is 3.22. The molecule has 23 heavy (non-hydrogen) atoms. The van der Waals surface area contributed by atoms with Gasteiger partial charge in [0.25, 0.3) is 0 Å². The summed E-state index contributed by atoms with van der Waals surface area (Å²) in [4.78, 5) is 16.4. The molecular weight excluding hydrogens is 288 g/mol. The number of carbonyl (C=O) groups is 1. The van der Waals surface area contributed by atoms with E-state index in [4.69, 9.17) is 4.74 Å². The number of aromatic nitrogens is 1. The van der Waals surface area contributed by atoms with Gasteiger partial charge in [0.2, 0.25) is 0 Å². The van der Waals surface area contributed by atoms with Crippen LogP contribution in [0.5, 0.6) is 0 Å². The summed E-state index contributed by atoms with van der Waals surface area (Å²) in [7, 11) is 0. The zero-order valence-electron chi connectivity index (χ0n) is 14.0. The number of nitrogens with one attached hydrogen (secondary N) is 1. The van der Waals surface area contributed by atoms with Gasteiger partial charge in [0, 0.05) is 18.3 Å². The first-order chi connectivity index (χ1) is 11.1. The van der Waals surface area contributed by atoms with Crippen LogP contribution in [0, 0.1) is 6.92 Å². The fourth-order valence-electron chi connectivity index (χ4n) is 2.64. The summed E-state index contributed by atoms with van der Waals surface area (Å²) in [5.74, 6) is -0.193. The van der Waals surface area contributed by atoms with Gasteiger partial charge in [-0.2, -0.15) is 0 Å². The number of hydrogen-bond donors (Lipinski definition) is 1. The van der Waals surface area contributed by atoms with E-state index in [-0.39, 0.29) is 18.1 Å². The predicted octanol–water partition coefficient (Wildman–Crippen LogP) is 3.74. The average molecular weight is 312 g/mol. The molecule has 2 rings (SSSR count). The molecule has 0 saturated heterocycles. The Bertz CT molecular complexity index is 628. The Balaban J connectivity index is 2.19. The van der Waals surface area contributed by atoms with Crippen molar-refractivity contribution in [3.8, 4) is 0 Å². The van der Waals surface area contributed by atoms with Crippen LogP contribution in [-0.4, -0.2) is 17.6 Å². The quantitative estimate of drug-likeness (QED) is 0.791. The van der Waals surface area contributed by atoms with Crippen LogP contribution in [0.15, 0.2) is 48.7 Å². The van der Waals surface area contributed by atoms with Crippen molar-refractivity contribution in [3.05, 3.63) is 65.5 Å². The highest BCUT2D eigenvalue weighted by atomic mass is 16.5. The van der Waals surface area contributed by atoms with Crippen molar-refractivity contribution in [1.82, 2.24) is 10.3 Å². The third kappa shape index (κ3) is 4.89. The Hall–Kier alpha value is -2.20. The van der Waals surface area contributed by atoms with Crippen molar-refractivity contribution in [3.63, 3.8) is 0 Å². The minimum Gasteiger partial charge on any atom is -0.466 e. The van der Waals surface area contributed by atoms with E-state index in [1.807, 2.05) is 37.3 Å². The first-order valence-corrected chi connectivity index (χ1v) is 8.00. The van der Waals surface area contributed by atoms with Crippen molar-refractivity contribution in [2.75, 3.05) is 6.61 Å². The maximum Gasteiger partial charge on any atom is 0.307 e. The fraction of sp³-hybridized carbons (Fsp3) is 0.368. The number of pyridine rings is 1. The SMILES string of the molecule is CCOC(=O)C[C@H](N[C@H](C)c1ccccn1)c1ccccc1C. The van der Waals surface area contributed by atoms with Crippen LogP contribution < -0.4 is 5.32 Å². The second-order valence-corrected chi connectivity index (χ2v) is 5.56.